The Balaban J connectivity index is 1.23. The molecule has 36 heavy (non-hydrogen) atoms. The second-order valence-corrected chi connectivity index (χ2v) is 8.28. The van der Waals surface area contributed by atoms with Crippen molar-refractivity contribution in [2.75, 3.05) is 12.0 Å². The number of aromatic nitrogens is 6. The van der Waals surface area contributed by atoms with Crippen molar-refractivity contribution >= 4 is 28.7 Å². The van der Waals surface area contributed by atoms with Gasteiger partial charge in [-0.3, -0.25) is 15.0 Å². The number of aromatic amines is 1. The van der Waals surface area contributed by atoms with Crippen LogP contribution in [0.15, 0.2) is 73.1 Å². The number of amides is 3. The van der Waals surface area contributed by atoms with Gasteiger partial charge in [-0.1, -0.05) is 36.4 Å². The molecule has 0 radical (unpaired) electrons. The first-order chi connectivity index (χ1) is 17.6. The van der Waals surface area contributed by atoms with Crippen molar-refractivity contribution in [1.82, 2.24) is 35.5 Å². The number of hydrogen-bond acceptors (Lipinski definition) is 7. The van der Waals surface area contributed by atoms with Crippen LogP contribution in [0.1, 0.15) is 17.2 Å². The van der Waals surface area contributed by atoms with E-state index in [1.165, 1.54) is 9.70 Å². The number of nitrogens with zero attached hydrogens (tertiary/aromatic N) is 6. The lowest BCUT2D eigenvalue weighted by Gasteiger charge is -2.22. The molecule has 2 aromatic heterocycles. The molecule has 6 rings (SSSR count). The molecule has 1 saturated heterocycles. The Labute approximate surface area is 204 Å². The fraction of sp³-hybridized carbons (Fsp3) is 0.120. The highest BCUT2D eigenvalue weighted by Crippen LogP contribution is 2.33. The summed E-state index contributed by atoms with van der Waals surface area (Å²) >= 11 is 0. The summed E-state index contributed by atoms with van der Waals surface area (Å²) in [6.45, 7) is 0.467. The number of methoxy groups -OCH3 is 1. The van der Waals surface area contributed by atoms with E-state index >= 15 is 0 Å². The van der Waals surface area contributed by atoms with Crippen LogP contribution in [0.3, 0.4) is 0 Å². The molecule has 0 spiro atoms. The molecule has 0 aliphatic carbocycles. The standard InChI is InChI=1S/C25H20N8O3/c1-36-19-9-2-15(3-10-19)13-32-30-23(29-31-32)17-6-4-16(5-7-17)22-24(34)28-25(35)33(22)18-8-11-20-21(12-18)27-14-26-20/h2-12,14,22H,13H2,1H3,(H,26,27)(H,28,34,35)/t22-/m0/s1. The van der Waals surface area contributed by atoms with Gasteiger partial charge in [0, 0.05) is 11.3 Å². The summed E-state index contributed by atoms with van der Waals surface area (Å²) in [5.74, 6) is 0.855. The van der Waals surface area contributed by atoms with E-state index in [1.54, 1.807) is 43.8 Å². The third-order valence-corrected chi connectivity index (χ3v) is 6.06. The summed E-state index contributed by atoms with van der Waals surface area (Å²) in [4.78, 5) is 35.6. The Morgan fingerprint density at radius 2 is 1.81 bits per heavy atom. The smallest absolute Gasteiger partial charge is 0.329 e. The largest absolute Gasteiger partial charge is 0.497 e. The highest BCUT2D eigenvalue weighted by Gasteiger charge is 2.40. The molecule has 5 aromatic rings. The van der Waals surface area contributed by atoms with Crippen LogP contribution in [0.5, 0.6) is 5.75 Å². The maximum Gasteiger partial charge on any atom is 0.329 e. The highest BCUT2D eigenvalue weighted by atomic mass is 16.5. The SMILES string of the molecule is COc1ccc(Cn2nnc(-c3ccc([C@H]4C(=O)NC(=O)N4c4ccc5nc[nH]c5c4)cc3)n2)cc1. The number of nitrogens with one attached hydrogen (secondary N) is 2. The molecule has 2 N–H and O–H groups in total. The van der Waals surface area contributed by atoms with Crippen LogP contribution in [0.2, 0.25) is 0 Å². The first kappa shape index (κ1) is 21.5. The van der Waals surface area contributed by atoms with Gasteiger partial charge in [-0.25, -0.2) is 9.78 Å². The fourth-order valence-corrected chi connectivity index (χ4v) is 4.24. The van der Waals surface area contributed by atoms with Crippen LogP contribution in [0, 0.1) is 0 Å². The van der Waals surface area contributed by atoms with Gasteiger partial charge in [0.1, 0.15) is 11.8 Å². The third kappa shape index (κ3) is 3.82. The molecule has 11 nitrogen and oxygen atoms in total. The summed E-state index contributed by atoms with van der Waals surface area (Å²) in [5.41, 5.74) is 4.57. The second kappa shape index (κ2) is 8.62. The Bertz CT molecular complexity index is 1570. The molecule has 1 atom stereocenters. The van der Waals surface area contributed by atoms with Crippen molar-refractivity contribution in [1.29, 1.82) is 0 Å². The van der Waals surface area contributed by atoms with E-state index in [9.17, 15) is 9.59 Å². The van der Waals surface area contributed by atoms with E-state index in [2.05, 4.69) is 30.7 Å². The second-order valence-electron chi connectivity index (χ2n) is 8.28. The van der Waals surface area contributed by atoms with E-state index in [4.69, 9.17) is 4.74 Å². The van der Waals surface area contributed by atoms with E-state index in [1.807, 2.05) is 36.4 Å². The van der Waals surface area contributed by atoms with E-state index < -0.39 is 12.1 Å². The monoisotopic (exact) mass is 480 g/mol. The van der Waals surface area contributed by atoms with Gasteiger partial charge >= 0.3 is 6.03 Å². The number of anilines is 1. The zero-order valence-corrected chi connectivity index (χ0v) is 19.1. The number of benzene rings is 3. The predicted molar refractivity (Wildman–Crippen MR) is 130 cm³/mol. The van der Waals surface area contributed by atoms with Crippen LogP contribution in [0.4, 0.5) is 10.5 Å². The molecule has 0 unspecified atom stereocenters. The maximum absolute atomic E-state index is 12.7. The zero-order chi connectivity index (χ0) is 24.6. The van der Waals surface area contributed by atoms with E-state index in [0.717, 1.165) is 27.9 Å². The number of carbonyl (C=O) groups excluding carboxylic acids is 2. The quantitative estimate of drug-likeness (QED) is 0.357. The van der Waals surface area contributed by atoms with Crippen LogP contribution in [0.25, 0.3) is 22.4 Å². The van der Waals surface area contributed by atoms with Crippen molar-refractivity contribution in [3.05, 3.63) is 84.2 Å². The van der Waals surface area contributed by atoms with Gasteiger partial charge in [-0.15, -0.1) is 10.2 Å². The number of rotatable bonds is 6. The number of hydrogen-bond donors (Lipinski definition) is 2. The number of fused-ring (bicyclic) bond motifs is 1. The molecule has 0 saturated carbocycles. The Kier molecular flexibility index (Phi) is 5.14. The summed E-state index contributed by atoms with van der Waals surface area (Å²) in [5, 5.41) is 15.2. The predicted octanol–water partition coefficient (Wildman–Crippen LogP) is 3.07. The number of tetrazole rings is 1. The lowest BCUT2D eigenvalue weighted by atomic mass is 10.0. The first-order valence-corrected chi connectivity index (χ1v) is 11.2. The molecule has 3 amide bonds. The summed E-state index contributed by atoms with van der Waals surface area (Å²) in [6.07, 6.45) is 1.58. The van der Waals surface area contributed by atoms with Crippen molar-refractivity contribution in [2.24, 2.45) is 0 Å². The first-order valence-electron chi connectivity index (χ1n) is 11.2. The molecule has 11 heteroatoms. The Morgan fingerprint density at radius 1 is 1.00 bits per heavy atom. The zero-order valence-electron chi connectivity index (χ0n) is 19.1. The molecule has 178 valence electrons. The molecule has 3 heterocycles. The van der Waals surface area contributed by atoms with Gasteiger partial charge in [-0.05, 0) is 46.7 Å². The van der Waals surface area contributed by atoms with Gasteiger partial charge in [0.2, 0.25) is 5.82 Å². The Hall–Kier alpha value is -5.06. The topological polar surface area (TPSA) is 131 Å². The third-order valence-electron chi connectivity index (χ3n) is 6.06. The Morgan fingerprint density at radius 3 is 2.58 bits per heavy atom. The molecule has 3 aromatic carbocycles. The lowest BCUT2D eigenvalue weighted by molar-refractivity contribution is -0.119. The number of imidazole rings is 1. The number of urea groups is 1. The van der Waals surface area contributed by atoms with Crippen molar-refractivity contribution in [2.45, 2.75) is 12.6 Å². The summed E-state index contributed by atoms with van der Waals surface area (Å²) < 4.78 is 5.18. The van der Waals surface area contributed by atoms with Crippen LogP contribution in [-0.4, -0.2) is 49.2 Å². The van der Waals surface area contributed by atoms with Gasteiger partial charge in [-0.2, -0.15) is 4.80 Å². The minimum absolute atomic E-state index is 0.388. The minimum Gasteiger partial charge on any atom is -0.497 e. The normalized spacial score (nSPS) is 15.5. The van der Waals surface area contributed by atoms with Crippen LogP contribution >= 0.6 is 0 Å². The van der Waals surface area contributed by atoms with Crippen molar-refractivity contribution in [3.8, 4) is 17.1 Å². The van der Waals surface area contributed by atoms with Crippen molar-refractivity contribution < 1.29 is 14.3 Å². The summed E-state index contributed by atoms with van der Waals surface area (Å²) in [6, 6.07) is 19.0. The average Bonchev–Trinajstić information content (AvgIpc) is 3.63. The number of H-pyrrole nitrogens is 1. The van der Waals surface area contributed by atoms with Crippen molar-refractivity contribution in [3.63, 3.8) is 0 Å². The van der Waals surface area contributed by atoms with E-state index in [-0.39, 0.29) is 5.91 Å². The average molecular weight is 480 g/mol. The number of carbonyl (C=O) groups is 2. The molecular weight excluding hydrogens is 460 g/mol. The van der Waals surface area contributed by atoms with E-state index in [0.29, 0.717) is 23.6 Å². The van der Waals surface area contributed by atoms with Crippen LogP contribution in [-0.2, 0) is 11.3 Å². The maximum atomic E-state index is 12.7. The van der Waals surface area contributed by atoms with Gasteiger partial charge in [0.05, 0.1) is 31.0 Å². The van der Waals surface area contributed by atoms with Gasteiger partial charge < -0.3 is 9.72 Å². The molecule has 0 bridgehead atoms. The van der Waals surface area contributed by atoms with Crippen LogP contribution < -0.4 is 15.0 Å². The van der Waals surface area contributed by atoms with Gasteiger partial charge in [0.25, 0.3) is 5.91 Å². The minimum atomic E-state index is -0.800. The highest BCUT2D eigenvalue weighted by molar-refractivity contribution is 6.15. The fourth-order valence-electron chi connectivity index (χ4n) is 4.24. The summed E-state index contributed by atoms with van der Waals surface area (Å²) in [7, 11) is 1.62. The number of imide groups is 1. The number of ether oxygens (including phenoxy) is 1. The molecular formula is C25H20N8O3. The molecule has 1 aliphatic heterocycles. The molecule has 1 fully saturated rings. The lowest BCUT2D eigenvalue weighted by Crippen LogP contribution is -2.29. The molecule has 1 aliphatic rings. The van der Waals surface area contributed by atoms with Gasteiger partial charge in [0.15, 0.2) is 0 Å².